The van der Waals surface area contributed by atoms with Crippen LogP contribution < -0.4 is 0 Å². The van der Waals surface area contributed by atoms with E-state index in [1.807, 2.05) is 0 Å². The average Bonchev–Trinajstić information content (AvgIpc) is 2.65. The second kappa shape index (κ2) is 7.98. The predicted octanol–water partition coefficient (Wildman–Crippen LogP) is 5.25. The van der Waals surface area contributed by atoms with Gasteiger partial charge in [0.25, 0.3) is 0 Å². The zero-order valence-corrected chi connectivity index (χ0v) is 16.7. The molecule has 0 radical (unpaired) electrons. The van der Waals surface area contributed by atoms with Crippen molar-refractivity contribution < 1.29 is 4.79 Å². The van der Waals surface area contributed by atoms with Crippen molar-refractivity contribution in [1.82, 2.24) is 4.90 Å². The number of benzene rings is 2. The molecule has 2 heterocycles. The van der Waals surface area contributed by atoms with E-state index in [2.05, 4.69) is 67.3 Å². The molecule has 4 rings (SSSR count). The minimum absolute atomic E-state index is 0.242. The maximum Gasteiger partial charge on any atom is 0.140 e. The largest absolute Gasteiger partial charge is 0.299 e. The monoisotopic (exact) mass is 361 g/mol. The van der Waals surface area contributed by atoms with Crippen LogP contribution in [-0.4, -0.2) is 22.8 Å². The summed E-state index contributed by atoms with van der Waals surface area (Å²) in [7, 11) is 0. The van der Waals surface area contributed by atoms with E-state index in [-0.39, 0.29) is 5.92 Å². The first-order valence-electron chi connectivity index (χ1n) is 10.5. The van der Waals surface area contributed by atoms with Crippen molar-refractivity contribution in [3.63, 3.8) is 0 Å². The van der Waals surface area contributed by atoms with Gasteiger partial charge < -0.3 is 0 Å². The molecule has 2 nitrogen and oxygen atoms in total. The van der Waals surface area contributed by atoms with Crippen LogP contribution in [0.2, 0.25) is 0 Å². The summed E-state index contributed by atoms with van der Waals surface area (Å²) in [6.07, 6.45) is 6.52. The van der Waals surface area contributed by atoms with Crippen molar-refractivity contribution in [2.24, 2.45) is 5.92 Å². The molecule has 2 aromatic carbocycles. The standard InChI is InChI=1S/C25H31NO/c1-18-8-6-9-19(2)24(18)16-25(27)21-14-22-12-7-13-23(15-21)26(22)17-20-10-4-3-5-11-20/h3-6,8-11,21-23H,7,12-17H2,1-2H3. The Hall–Kier alpha value is -1.93. The zero-order chi connectivity index (χ0) is 18.8. The second-order valence-electron chi connectivity index (χ2n) is 8.58. The van der Waals surface area contributed by atoms with E-state index in [4.69, 9.17) is 0 Å². The molecular formula is C25H31NO. The van der Waals surface area contributed by atoms with E-state index in [1.165, 1.54) is 41.5 Å². The maximum atomic E-state index is 13.1. The van der Waals surface area contributed by atoms with Crippen LogP contribution >= 0.6 is 0 Å². The summed E-state index contributed by atoms with van der Waals surface area (Å²) >= 11 is 0. The maximum absolute atomic E-state index is 13.1. The Balaban J connectivity index is 1.46. The predicted molar refractivity (Wildman–Crippen MR) is 111 cm³/mol. The molecule has 2 aromatic rings. The third-order valence-corrected chi connectivity index (χ3v) is 6.78. The number of piperidine rings is 2. The molecule has 2 atom stereocenters. The molecule has 2 unspecified atom stereocenters. The lowest BCUT2D eigenvalue weighted by atomic mass is 9.75. The van der Waals surface area contributed by atoms with Gasteiger partial charge in [-0.05, 0) is 61.8 Å². The number of nitrogens with zero attached hydrogens (tertiary/aromatic N) is 1. The molecule has 27 heavy (non-hydrogen) atoms. The number of ketones is 1. The van der Waals surface area contributed by atoms with Gasteiger partial charge >= 0.3 is 0 Å². The lowest BCUT2D eigenvalue weighted by Crippen LogP contribution is -2.52. The number of hydrogen-bond acceptors (Lipinski definition) is 2. The molecule has 2 saturated heterocycles. The third kappa shape index (κ3) is 4.01. The lowest BCUT2D eigenvalue weighted by molar-refractivity contribution is -0.126. The third-order valence-electron chi connectivity index (χ3n) is 6.78. The van der Waals surface area contributed by atoms with Crippen molar-refractivity contribution in [2.75, 3.05) is 0 Å². The van der Waals surface area contributed by atoms with Crippen molar-refractivity contribution in [2.45, 2.75) is 71.0 Å². The van der Waals surface area contributed by atoms with Crippen LogP contribution in [0.4, 0.5) is 0 Å². The number of Topliss-reactive ketones (excluding diaryl/α,β-unsaturated/α-hetero) is 1. The van der Waals surface area contributed by atoms with Gasteiger partial charge in [0.05, 0.1) is 0 Å². The Labute approximate surface area is 163 Å². The van der Waals surface area contributed by atoms with Crippen LogP contribution in [0.3, 0.4) is 0 Å². The molecular weight excluding hydrogens is 330 g/mol. The first-order valence-corrected chi connectivity index (χ1v) is 10.5. The summed E-state index contributed by atoms with van der Waals surface area (Å²) < 4.78 is 0. The molecule has 0 N–H and O–H groups in total. The molecule has 0 amide bonds. The number of rotatable bonds is 5. The van der Waals surface area contributed by atoms with Gasteiger partial charge in [-0.1, -0.05) is 55.0 Å². The Bertz CT molecular complexity index is 763. The summed E-state index contributed by atoms with van der Waals surface area (Å²) in [5.74, 6) is 0.704. The highest BCUT2D eigenvalue weighted by Gasteiger charge is 2.40. The Morgan fingerprint density at radius 1 is 0.926 bits per heavy atom. The zero-order valence-electron chi connectivity index (χ0n) is 16.7. The summed E-state index contributed by atoms with van der Waals surface area (Å²) in [5, 5.41) is 0. The van der Waals surface area contributed by atoms with E-state index >= 15 is 0 Å². The normalized spacial score (nSPS) is 25.3. The highest BCUT2D eigenvalue weighted by molar-refractivity contribution is 5.84. The Morgan fingerprint density at radius 3 is 2.19 bits per heavy atom. The van der Waals surface area contributed by atoms with Crippen LogP contribution in [0.5, 0.6) is 0 Å². The van der Waals surface area contributed by atoms with Gasteiger partial charge in [0, 0.05) is 31.0 Å². The van der Waals surface area contributed by atoms with Gasteiger partial charge in [0.2, 0.25) is 0 Å². The molecule has 2 fully saturated rings. The van der Waals surface area contributed by atoms with Gasteiger partial charge in [-0.3, -0.25) is 9.69 Å². The summed E-state index contributed by atoms with van der Waals surface area (Å²) in [4.78, 5) is 15.8. The molecule has 2 aliphatic rings. The number of carbonyl (C=O) groups excluding carboxylic acids is 1. The van der Waals surface area contributed by atoms with Gasteiger partial charge in [-0.2, -0.15) is 0 Å². The molecule has 0 saturated carbocycles. The molecule has 142 valence electrons. The fourth-order valence-corrected chi connectivity index (χ4v) is 5.24. The fourth-order valence-electron chi connectivity index (χ4n) is 5.24. The van der Waals surface area contributed by atoms with Crippen molar-refractivity contribution in [3.05, 3.63) is 70.8 Å². The van der Waals surface area contributed by atoms with Gasteiger partial charge in [0.1, 0.15) is 5.78 Å². The molecule has 2 aliphatic heterocycles. The summed E-state index contributed by atoms with van der Waals surface area (Å²) in [5.41, 5.74) is 5.16. The summed E-state index contributed by atoms with van der Waals surface area (Å²) in [6.45, 7) is 5.30. The minimum Gasteiger partial charge on any atom is -0.299 e. The van der Waals surface area contributed by atoms with Crippen LogP contribution in [0.25, 0.3) is 0 Å². The number of carbonyl (C=O) groups is 1. The highest BCUT2D eigenvalue weighted by Crippen LogP contribution is 2.38. The van der Waals surface area contributed by atoms with Crippen LogP contribution in [0.1, 0.15) is 54.4 Å². The highest BCUT2D eigenvalue weighted by atomic mass is 16.1. The van der Waals surface area contributed by atoms with Gasteiger partial charge in [0.15, 0.2) is 0 Å². The topological polar surface area (TPSA) is 20.3 Å². The smallest absolute Gasteiger partial charge is 0.140 e. The van der Waals surface area contributed by atoms with E-state index in [0.29, 0.717) is 24.3 Å². The first-order chi connectivity index (χ1) is 13.1. The quantitative estimate of drug-likeness (QED) is 0.725. The second-order valence-corrected chi connectivity index (χ2v) is 8.58. The lowest BCUT2D eigenvalue weighted by Gasteiger charge is -2.48. The van der Waals surface area contributed by atoms with E-state index in [0.717, 1.165) is 19.4 Å². The molecule has 0 aromatic heterocycles. The van der Waals surface area contributed by atoms with E-state index < -0.39 is 0 Å². The minimum atomic E-state index is 0.242. The summed E-state index contributed by atoms with van der Waals surface area (Å²) in [6, 6.07) is 18.3. The van der Waals surface area contributed by atoms with Gasteiger partial charge in [-0.25, -0.2) is 0 Å². The molecule has 2 bridgehead atoms. The van der Waals surface area contributed by atoms with Crippen LogP contribution in [0.15, 0.2) is 48.5 Å². The molecule has 0 aliphatic carbocycles. The first kappa shape index (κ1) is 18.4. The number of aryl methyl sites for hydroxylation is 2. The SMILES string of the molecule is Cc1cccc(C)c1CC(=O)C1CC2CCCC(C1)N2Cc1ccccc1. The van der Waals surface area contributed by atoms with E-state index in [9.17, 15) is 4.79 Å². The van der Waals surface area contributed by atoms with Crippen LogP contribution in [-0.2, 0) is 17.8 Å². The number of fused-ring (bicyclic) bond motifs is 2. The van der Waals surface area contributed by atoms with Crippen LogP contribution in [0, 0.1) is 19.8 Å². The van der Waals surface area contributed by atoms with Crippen molar-refractivity contribution in [1.29, 1.82) is 0 Å². The van der Waals surface area contributed by atoms with Crippen molar-refractivity contribution >= 4 is 5.78 Å². The molecule has 0 spiro atoms. The average molecular weight is 362 g/mol. The fraction of sp³-hybridized carbons (Fsp3) is 0.480. The van der Waals surface area contributed by atoms with Crippen molar-refractivity contribution in [3.8, 4) is 0 Å². The Morgan fingerprint density at radius 2 is 1.56 bits per heavy atom. The molecule has 2 heteroatoms. The number of hydrogen-bond donors (Lipinski definition) is 0. The van der Waals surface area contributed by atoms with Gasteiger partial charge in [-0.15, -0.1) is 0 Å². The van der Waals surface area contributed by atoms with E-state index in [1.54, 1.807) is 0 Å². The Kier molecular flexibility index (Phi) is 5.45.